The zero-order valence-corrected chi connectivity index (χ0v) is 45.8. The summed E-state index contributed by atoms with van der Waals surface area (Å²) in [5.41, 5.74) is 14.9. The Morgan fingerprint density at radius 2 is 0.795 bits per heavy atom. The number of rotatable bonds is 7. The fourth-order valence-electron chi connectivity index (χ4n) is 11.4. The van der Waals surface area contributed by atoms with E-state index in [1.165, 1.54) is 53.9 Å². The Morgan fingerprint density at radius 1 is 0.397 bits per heavy atom. The van der Waals surface area contributed by atoms with E-state index in [0.717, 1.165) is 45.5 Å². The van der Waals surface area contributed by atoms with Gasteiger partial charge in [-0.2, -0.15) is 0 Å². The summed E-state index contributed by atoms with van der Waals surface area (Å²) in [6, 6.07) is 73.6. The first kappa shape index (κ1) is 48.1. The quantitative estimate of drug-likeness (QED) is 0.118. The fourth-order valence-corrected chi connectivity index (χ4v) is 16.2. The van der Waals surface area contributed by atoms with E-state index < -0.39 is 8.07 Å². The minimum Gasteiger partial charge on any atom is -0.420 e. The van der Waals surface area contributed by atoms with Crippen molar-refractivity contribution in [2.75, 3.05) is 9.80 Å². The SMILES string of the molecule is CC(C)(C)c1ccc(-c2nc3c(o2)N(c2ccc(C(C)(C)C)cc2)c2cc([Si](c4ccccc4)(c4ccccc4)c4ccccc4)cc4c2B3c2cc(C(C)(C)C)ccc2N4c2ccc(C(C)(C)C)cc2)cc1. The van der Waals surface area contributed by atoms with Gasteiger partial charge in [-0.3, -0.25) is 4.90 Å². The first-order chi connectivity index (χ1) is 34.7. The van der Waals surface area contributed by atoms with Crippen LogP contribution in [-0.4, -0.2) is 19.8 Å². The summed E-state index contributed by atoms with van der Waals surface area (Å²) in [6.45, 7) is 27.2. The zero-order chi connectivity index (χ0) is 51.2. The number of benzene rings is 8. The van der Waals surface area contributed by atoms with Gasteiger partial charge in [-0.05, 0) is 130 Å². The third-order valence-electron chi connectivity index (χ3n) is 15.5. The predicted molar refractivity (Wildman–Crippen MR) is 314 cm³/mol. The van der Waals surface area contributed by atoms with Crippen LogP contribution < -0.4 is 47.1 Å². The van der Waals surface area contributed by atoms with E-state index >= 15 is 0 Å². The summed E-state index contributed by atoms with van der Waals surface area (Å²) in [4.78, 5) is 10.7. The summed E-state index contributed by atoms with van der Waals surface area (Å²) in [5.74, 6) is 1.37. The molecule has 0 radical (unpaired) electrons. The normalized spacial score (nSPS) is 13.7. The molecule has 8 aromatic carbocycles. The molecule has 0 amide bonds. The van der Waals surface area contributed by atoms with E-state index in [-0.39, 0.29) is 28.4 Å². The third-order valence-corrected chi connectivity index (χ3v) is 20.3. The van der Waals surface area contributed by atoms with E-state index in [1.54, 1.807) is 0 Å². The molecule has 0 N–H and O–H groups in total. The van der Waals surface area contributed by atoms with Gasteiger partial charge < -0.3 is 9.32 Å². The first-order valence-corrected chi connectivity index (χ1v) is 28.2. The average Bonchev–Trinajstić information content (AvgIpc) is 3.82. The molecular weight excluding hydrogens is 902 g/mol. The lowest BCUT2D eigenvalue weighted by molar-refractivity contribution is 0.579. The Labute approximate surface area is 435 Å². The standard InChI is InChI=1S/C67H68BN3OSi/c1-64(2,3)46-30-28-45(29-31-46)62-69-61-63(72-62)71(51-39-34-48(35-40-51)66(7,8)9)59-44-55(73(52-22-16-13-17-23-52,53-24-18-14-19-25-53)54-26-20-15-21-27-54)43-58-60(59)68(61)56-42-49(67(10,11)12)36-41-57(56)70(58)50-37-32-47(33-38-50)65(4,5)6/h13-44H,1-12H3. The highest BCUT2D eigenvalue weighted by atomic mass is 28.3. The van der Waals surface area contributed by atoms with Crippen LogP contribution in [0, 0.1) is 0 Å². The van der Waals surface area contributed by atoms with E-state index in [0.29, 0.717) is 5.89 Å². The zero-order valence-electron chi connectivity index (χ0n) is 44.8. The Morgan fingerprint density at radius 3 is 1.23 bits per heavy atom. The largest absolute Gasteiger partial charge is 0.420 e. The lowest BCUT2D eigenvalue weighted by Gasteiger charge is -2.44. The van der Waals surface area contributed by atoms with Crippen molar-refractivity contribution < 1.29 is 4.42 Å². The highest BCUT2D eigenvalue weighted by molar-refractivity contribution is 7.20. The smallest absolute Gasteiger partial charge is 0.279 e. The Hall–Kier alpha value is -7.15. The van der Waals surface area contributed by atoms with Gasteiger partial charge in [0.2, 0.25) is 11.8 Å². The monoisotopic (exact) mass is 970 g/mol. The highest BCUT2D eigenvalue weighted by Crippen LogP contribution is 2.46. The van der Waals surface area contributed by atoms with Crippen molar-refractivity contribution >= 4 is 86.4 Å². The van der Waals surface area contributed by atoms with Crippen LogP contribution in [0.15, 0.2) is 199 Å². The van der Waals surface area contributed by atoms with Gasteiger partial charge in [0.05, 0.1) is 5.59 Å². The third kappa shape index (κ3) is 8.28. The Bertz CT molecular complexity index is 3370. The van der Waals surface area contributed by atoms with Crippen LogP contribution in [0.25, 0.3) is 11.5 Å². The van der Waals surface area contributed by atoms with Crippen LogP contribution in [0.4, 0.5) is 34.3 Å². The van der Waals surface area contributed by atoms with Crippen LogP contribution in [0.1, 0.15) is 105 Å². The molecule has 0 spiro atoms. The number of hydrogen-bond donors (Lipinski definition) is 0. The molecule has 0 aliphatic carbocycles. The van der Waals surface area contributed by atoms with Crippen molar-refractivity contribution in [3.05, 3.63) is 216 Å². The maximum atomic E-state index is 7.40. The van der Waals surface area contributed by atoms with Gasteiger partial charge >= 0.3 is 0 Å². The highest BCUT2D eigenvalue weighted by Gasteiger charge is 2.50. The van der Waals surface area contributed by atoms with E-state index in [2.05, 4.69) is 287 Å². The summed E-state index contributed by atoms with van der Waals surface area (Å²) in [6.07, 6.45) is 0. The van der Waals surface area contributed by atoms with Crippen molar-refractivity contribution in [1.29, 1.82) is 0 Å². The van der Waals surface area contributed by atoms with Crippen molar-refractivity contribution in [1.82, 2.24) is 4.98 Å². The van der Waals surface area contributed by atoms with Gasteiger partial charge in [0, 0.05) is 34.0 Å². The second-order valence-corrected chi connectivity index (χ2v) is 28.3. The summed E-state index contributed by atoms with van der Waals surface area (Å²) < 4.78 is 7.40. The van der Waals surface area contributed by atoms with Crippen LogP contribution in [0.2, 0.25) is 0 Å². The number of oxazole rings is 1. The van der Waals surface area contributed by atoms with Crippen molar-refractivity contribution in [3.8, 4) is 11.5 Å². The number of anilines is 6. The maximum Gasteiger partial charge on any atom is 0.279 e. The molecule has 1 aromatic heterocycles. The first-order valence-electron chi connectivity index (χ1n) is 26.2. The molecule has 0 bridgehead atoms. The molecule has 0 atom stereocenters. The molecule has 0 saturated heterocycles. The van der Waals surface area contributed by atoms with Crippen molar-refractivity contribution in [2.24, 2.45) is 0 Å². The second-order valence-electron chi connectivity index (χ2n) is 24.5. The van der Waals surface area contributed by atoms with Gasteiger partial charge in [-0.25, -0.2) is 4.98 Å². The molecule has 9 aromatic rings. The predicted octanol–water partition coefficient (Wildman–Crippen LogP) is 13.0. The van der Waals surface area contributed by atoms with Gasteiger partial charge in [0.1, 0.15) is 0 Å². The molecule has 73 heavy (non-hydrogen) atoms. The van der Waals surface area contributed by atoms with Crippen molar-refractivity contribution in [3.63, 3.8) is 0 Å². The molecule has 11 rings (SSSR count). The van der Waals surface area contributed by atoms with E-state index in [9.17, 15) is 0 Å². The summed E-state index contributed by atoms with van der Waals surface area (Å²) in [5, 5.41) is 5.25. The molecule has 3 heterocycles. The molecule has 2 aliphatic heterocycles. The summed E-state index contributed by atoms with van der Waals surface area (Å²) >= 11 is 0. The number of nitrogens with zero attached hydrogens (tertiary/aromatic N) is 3. The molecule has 0 fully saturated rings. The number of aromatic nitrogens is 1. The molecule has 0 saturated carbocycles. The molecule has 4 nitrogen and oxygen atoms in total. The molecule has 6 heteroatoms. The van der Waals surface area contributed by atoms with Crippen LogP contribution in [-0.2, 0) is 21.7 Å². The van der Waals surface area contributed by atoms with Gasteiger partial charge in [-0.1, -0.05) is 223 Å². The maximum absolute atomic E-state index is 7.40. The Kier molecular flexibility index (Phi) is 11.6. The van der Waals surface area contributed by atoms with E-state index in [1.807, 2.05) is 0 Å². The van der Waals surface area contributed by atoms with Crippen molar-refractivity contribution in [2.45, 2.75) is 105 Å². The molecule has 0 unspecified atom stereocenters. The van der Waals surface area contributed by atoms with Crippen LogP contribution in [0.5, 0.6) is 0 Å². The average molecular weight is 970 g/mol. The number of hydrogen-bond acceptors (Lipinski definition) is 4. The minimum absolute atomic E-state index is 0.00641. The molecule has 364 valence electrons. The topological polar surface area (TPSA) is 32.5 Å². The summed E-state index contributed by atoms with van der Waals surface area (Å²) in [7, 11) is -3.12. The van der Waals surface area contributed by atoms with Crippen LogP contribution in [0.3, 0.4) is 0 Å². The van der Waals surface area contributed by atoms with Gasteiger partial charge in [0.25, 0.3) is 6.71 Å². The minimum atomic E-state index is -3.12. The fraction of sp³-hybridized carbons (Fsp3) is 0.239. The number of fused-ring (bicyclic) bond motifs is 4. The van der Waals surface area contributed by atoms with Gasteiger partial charge in [-0.15, -0.1) is 0 Å². The molecule has 2 aliphatic rings. The lowest BCUT2D eigenvalue weighted by atomic mass is 9.35. The van der Waals surface area contributed by atoms with Gasteiger partial charge in [0.15, 0.2) is 8.07 Å². The second kappa shape index (κ2) is 17.5. The molecular formula is C67H68BN3OSi. The van der Waals surface area contributed by atoms with E-state index in [4.69, 9.17) is 9.40 Å². The van der Waals surface area contributed by atoms with Crippen LogP contribution >= 0.6 is 0 Å². The lowest BCUT2D eigenvalue weighted by Crippen LogP contribution is -2.75. The Balaban J connectivity index is 1.30.